The maximum absolute atomic E-state index is 12.6. The molecule has 0 aliphatic carbocycles. The van der Waals surface area contributed by atoms with Gasteiger partial charge in [0.05, 0.1) is 11.4 Å². The zero-order valence-corrected chi connectivity index (χ0v) is 28.2. The third kappa shape index (κ3) is 9.89. The van der Waals surface area contributed by atoms with Gasteiger partial charge in [-0.15, -0.1) is 0 Å². The van der Waals surface area contributed by atoms with Crippen molar-refractivity contribution >= 4 is 24.0 Å². The highest BCUT2D eigenvalue weighted by Gasteiger charge is 2.24. The van der Waals surface area contributed by atoms with E-state index < -0.39 is 5.97 Å². The van der Waals surface area contributed by atoms with E-state index in [1.165, 1.54) is 16.8 Å². The number of aromatic amines is 2. The summed E-state index contributed by atoms with van der Waals surface area (Å²) in [5.74, 6) is -0.886. The van der Waals surface area contributed by atoms with E-state index in [2.05, 4.69) is 37.8 Å². The van der Waals surface area contributed by atoms with Gasteiger partial charge in [0.2, 0.25) is 5.91 Å². The van der Waals surface area contributed by atoms with Crippen LogP contribution in [0, 0.1) is 0 Å². The smallest absolute Gasteiger partial charge is 0.328 e. The summed E-state index contributed by atoms with van der Waals surface area (Å²) in [5.41, 5.74) is 11.1. The molecule has 9 nitrogen and oxygen atoms in total. The van der Waals surface area contributed by atoms with Crippen molar-refractivity contribution in [3.8, 4) is 22.5 Å². The van der Waals surface area contributed by atoms with Crippen LogP contribution in [0.1, 0.15) is 41.1 Å². The van der Waals surface area contributed by atoms with E-state index in [0.29, 0.717) is 13.1 Å². The molecular weight excluding hydrogens is 649 g/mol. The summed E-state index contributed by atoms with van der Waals surface area (Å²) < 4.78 is 0. The Balaban J connectivity index is 0.000000165. The van der Waals surface area contributed by atoms with E-state index in [-0.39, 0.29) is 13.3 Å². The zero-order valence-electron chi connectivity index (χ0n) is 28.2. The van der Waals surface area contributed by atoms with Gasteiger partial charge in [0.25, 0.3) is 0 Å². The summed E-state index contributed by atoms with van der Waals surface area (Å²) in [6, 6.07) is 39.6. The van der Waals surface area contributed by atoms with Crippen LogP contribution < -0.4 is 5.32 Å². The van der Waals surface area contributed by atoms with E-state index in [0.717, 1.165) is 71.3 Å². The number of carbonyl (C=O) groups excluding carboxylic acids is 1. The van der Waals surface area contributed by atoms with Gasteiger partial charge in [0.1, 0.15) is 0 Å². The van der Waals surface area contributed by atoms with Crippen LogP contribution in [0.3, 0.4) is 0 Å². The normalized spacial score (nSPS) is 13.1. The largest absolute Gasteiger partial charge is 0.478 e. The number of fused-ring (bicyclic) bond motifs is 2. The fraction of sp³-hybridized carbons (Fsp3) is 0.163. The molecule has 6 aromatic rings. The molecule has 1 amide bonds. The standard InChI is InChI=1S/C21H19N3O.C12H13N3.C9H8O2.CH4/c25-20(12-11-16-7-3-1-4-8-16)24-14-13-19-18(15-24)21(23-22-19)17-9-5-2-6-10-17;1-2-4-9(5-3-1)12-10-8-13-7-6-11(10)14-15-12;10-9(11)7-6-8-4-2-1-3-5-8;/h1-12H,13-15H2,(H,22,23);1-5,13H,6-8H2,(H,14,15);1-7H,(H,10,11);1H4/b12-11+;;7-6+;. The molecule has 0 radical (unpaired) electrons. The molecule has 4 heterocycles. The number of aliphatic carboxylic acids is 1. The first-order valence-electron chi connectivity index (χ1n) is 17.0. The molecule has 0 saturated carbocycles. The van der Waals surface area contributed by atoms with Crippen LogP contribution in [0.2, 0.25) is 0 Å². The van der Waals surface area contributed by atoms with Gasteiger partial charge in [0, 0.05) is 84.8 Å². The molecule has 9 heteroatoms. The second-order valence-corrected chi connectivity index (χ2v) is 12.1. The number of benzene rings is 4. The van der Waals surface area contributed by atoms with Gasteiger partial charge in [-0.25, -0.2) is 4.79 Å². The van der Waals surface area contributed by atoms with Crippen molar-refractivity contribution in [1.82, 2.24) is 30.6 Å². The highest BCUT2D eigenvalue weighted by Crippen LogP contribution is 2.28. The van der Waals surface area contributed by atoms with Crippen molar-refractivity contribution in [2.45, 2.75) is 33.4 Å². The number of carbonyl (C=O) groups is 2. The highest BCUT2D eigenvalue weighted by atomic mass is 16.4. The van der Waals surface area contributed by atoms with E-state index >= 15 is 0 Å². The predicted molar refractivity (Wildman–Crippen MR) is 208 cm³/mol. The molecule has 8 rings (SSSR count). The quantitative estimate of drug-likeness (QED) is 0.132. The van der Waals surface area contributed by atoms with Crippen LogP contribution in [0.5, 0.6) is 0 Å². The van der Waals surface area contributed by atoms with Crippen LogP contribution in [-0.4, -0.2) is 55.4 Å². The minimum Gasteiger partial charge on any atom is -0.478 e. The Labute approximate surface area is 304 Å². The maximum atomic E-state index is 12.6. The number of hydrogen-bond donors (Lipinski definition) is 4. The number of nitrogens with one attached hydrogen (secondary N) is 3. The molecule has 2 aliphatic rings. The van der Waals surface area contributed by atoms with Gasteiger partial charge in [-0.1, -0.05) is 129 Å². The summed E-state index contributed by atoms with van der Waals surface area (Å²) >= 11 is 0. The van der Waals surface area contributed by atoms with Gasteiger partial charge < -0.3 is 15.3 Å². The first-order valence-corrected chi connectivity index (χ1v) is 17.0. The Morgan fingerprint density at radius 3 is 1.65 bits per heavy atom. The molecule has 0 bridgehead atoms. The van der Waals surface area contributed by atoms with Gasteiger partial charge in [0.15, 0.2) is 0 Å². The number of aromatic nitrogens is 4. The molecule has 4 aromatic carbocycles. The average Bonchev–Trinajstić information content (AvgIpc) is 3.83. The molecular formula is C43H44N6O3. The number of rotatable bonds is 6. The van der Waals surface area contributed by atoms with E-state index in [1.807, 2.05) is 120 Å². The fourth-order valence-electron chi connectivity index (χ4n) is 5.95. The van der Waals surface area contributed by atoms with Gasteiger partial charge in [-0.05, 0) is 23.3 Å². The Kier molecular flexibility index (Phi) is 13.2. The van der Waals surface area contributed by atoms with Crippen LogP contribution >= 0.6 is 0 Å². The fourth-order valence-corrected chi connectivity index (χ4v) is 5.95. The molecule has 264 valence electrons. The Bertz CT molecular complexity index is 2070. The lowest BCUT2D eigenvalue weighted by atomic mass is 10.0. The molecule has 0 fully saturated rings. The summed E-state index contributed by atoms with van der Waals surface area (Å²) in [6.07, 6.45) is 8.06. The molecule has 0 unspecified atom stereocenters. The summed E-state index contributed by atoms with van der Waals surface area (Å²) in [7, 11) is 0. The first-order chi connectivity index (χ1) is 25.0. The SMILES string of the molecule is C.O=C(/C=C/c1ccccc1)N1CCc2[nH]nc(-c3ccccc3)c2C1.O=C(O)/C=C/c1ccccc1.c1ccc(-c2n[nH]c3c2CNCC3)cc1. The lowest BCUT2D eigenvalue weighted by Crippen LogP contribution is -2.34. The third-order valence-electron chi connectivity index (χ3n) is 8.58. The maximum Gasteiger partial charge on any atom is 0.328 e. The van der Waals surface area contributed by atoms with E-state index in [4.69, 9.17) is 5.11 Å². The molecule has 0 saturated heterocycles. The second kappa shape index (κ2) is 18.6. The van der Waals surface area contributed by atoms with Crippen molar-refractivity contribution in [2.75, 3.05) is 13.1 Å². The molecule has 0 atom stereocenters. The average molecular weight is 693 g/mol. The first kappa shape index (κ1) is 36.9. The minimum absolute atomic E-state index is 0. The Morgan fingerprint density at radius 2 is 1.12 bits per heavy atom. The van der Waals surface area contributed by atoms with Gasteiger partial charge in [-0.2, -0.15) is 10.2 Å². The van der Waals surface area contributed by atoms with Crippen molar-refractivity contribution in [2.24, 2.45) is 0 Å². The number of amides is 1. The molecule has 4 N–H and O–H groups in total. The number of nitrogens with zero attached hydrogens (tertiary/aromatic N) is 3. The molecule has 2 aromatic heterocycles. The predicted octanol–water partition coefficient (Wildman–Crippen LogP) is 7.82. The van der Waals surface area contributed by atoms with Crippen LogP contribution in [0.15, 0.2) is 133 Å². The second-order valence-electron chi connectivity index (χ2n) is 12.1. The van der Waals surface area contributed by atoms with Crippen LogP contribution in [0.4, 0.5) is 0 Å². The van der Waals surface area contributed by atoms with E-state index in [1.54, 1.807) is 12.2 Å². The van der Waals surface area contributed by atoms with Crippen LogP contribution in [0.25, 0.3) is 34.7 Å². The molecule has 2 aliphatic heterocycles. The Hall–Kier alpha value is -6.32. The zero-order chi connectivity index (χ0) is 35.3. The number of carboxylic acids is 1. The van der Waals surface area contributed by atoms with Gasteiger partial charge in [-0.3, -0.25) is 15.0 Å². The third-order valence-corrected chi connectivity index (χ3v) is 8.58. The summed E-state index contributed by atoms with van der Waals surface area (Å²) in [4.78, 5) is 24.5. The monoisotopic (exact) mass is 692 g/mol. The van der Waals surface area contributed by atoms with Crippen molar-refractivity contribution in [1.29, 1.82) is 0 Å². The summed E-state index contributed by atoms with van der Waals surface area (Å²) in [5, 5.41) is 26.8. The van der Waals surface area contributed by atoms with Crippen LogP contribution in [-0.2, 0) is 35.5 Å². The van der Waals surface area contributed by atoms with Crippen molar-refractivity contribution in [3.63, 3.8) is 0 Å². The topological polar surface area (TPSA) is 127 Å². The Morgan fingerprint density at radius 1 is 0.635 bits per heavy atom. The molecule has 0 spiro atoms. The van der Waals surface area contributed by atoms with Crippen molar-refractivity contribution in [3.05, 3.63) is 167 Å². The summed E-state index contributed by atoms with van der Waals surface area (Å²) in [6.45, 7) is 3.27. The number of carboxylic acid groups (broad SMARTS) is 1. The minimum atomic E-state index is -0.922. The highest BCUT2D eigenvalue weighted by molar-refractivity contribution is 5.92. The van der Waals surface area contributed by atoms with Crippen molar-refractivity contribution < 1.29 is 14.7 Å². The number of H-pyrrole nitrogens is 2. The lowest BCUT2D eigenvalue weighted by Gasteiger charge is -2.26. The molecule has 52 heavy (non-hydrogen) atoms. The number of hydrogen-bond acceptors (Lipinski definition) is 5. The van der Waals surface area contributed by atoms with E-state index in [9.17, 15) is 9.59 Å². The van der Waals surface area contributed by atoms with Gasteiger partial charge >= 0.3 is 5.97 Å². The lowest BCUT2D eigenvalue weighted by molar-refractivity contribution is -0.131.